The summed E-state index contributed by atoms with van der Waals surface area (Å²) in [5.74, 6) is 0. The molecule has 0 amide bonds. The van der Waals surface area contributed by atoms with Gasteiger partial charge in [-0.25, -0.2) is 0 Å². The van der Waals surface area contributed by atoms with Gasteiger partial charge < -0.3 is 10.2 Å². The second-order valence-corrected chi connectivity index (χ2v) is 5.86. The van der Waals surface area contributed by atoms with Crippen molar-refractivity contribution in [1.29, 1.82) is 0 Å². The zero-order chi connectivity index (χ0) is 15.2. The fraction of sp³-hybridized carbons (Fsp3) is 0.389. The van der Waals surface area contributed by atoms with Gasteiger partial charge in [-0.15, -0.1) is 0 Å². The SMILES string of the molecule is Cc1cccc(CCC(C)Nc2cnccc2N(C)C)c1. The van der Waals surface area contributed by atoms with Gasteiger partial charge in [0.05, 0.1) is 17.6 Å². The molecule has 1 unspecified atom stereocenters. The van der Waals surface area contributed by atoms with Crippen LogP contribution in [0.15, 0.2) is 42.7 Å². The van der Waals surface area contributed by atoms with Crippen molar-refractivity contribution < 1.29 is 0 Å². The van der Waals surface area contributed by atoms with Crippen LogP contribution in [0, 0.1) is 6.92 Å². The van der Waals surface area contributed by atoms with Crippen LogP contribution in [0.1, 0.15) is 24.5 Å². The van der Waals surface area contributed by atoms with E-state index in [1.807, 2.05) is 18.5 Å². The van der Waals surface area contributed by atoms with Gasteiger partial charge in [-0.2, -0.15) is 0 Å². The largest absolute Gasteiger partial charge is 0.380 e. The molecule has 1 heterocycles. The minimum atomic E-state index is 0.411. The lowest BCUT2D eigenvalue weighted by molar-refractivity contribution is 0.705. The second kappa shape index (κ2) is 7.11. The van der Waals surface area contributed by atoms with Crippen LogP contribution in [0.2, 0.25) is 0 Å². The smallest absolute Gasteiger partial charge is 0.0766 e. The quantitative estimate of drug-likeness (QED) is 0.871. The Kier molecular flexibility index (Phi) is 5.20. The molecule has 0 bridgehead atoms. The number of pyridine rings is 1. The van der Waals surface area contributed by atoms with Gasteiger partial charge in [0.1, 0.15) is 0 Å². The fourth-order valence-electron chi connectivity index (χ4n) is 2.48. The Bertz CT molecular complexity index is 578. The first-order valence-corrected chi connectivity index (χ1v) is 7.49. The Morgan fingerprint density at radius 2 is 2.05 bits per heavy atom. The first-order valence-electron chi connectivity index (χ1n) is 7.49. The fourth-order valence-corrected chi connectivity index (χ4v) is 2.48. The highest BCUT2D eigenvalue weighted by molar-refractivity contribution is 5.68. The molecule has 0 radical (unpaired) electrons. The summed E-state index contributed by atoms with van der Waals surface area (Å²) in [4.78, 5) is 6.33. The number of rotatable bonds is 6. The Hall–Kier alpha value is -2.03. The molecule has 112 valence electrons. The third kappa shape index (κ3) is 4.48. The molecule has 2 rings (SSSR count). The molecule has 0 saturated heterocycles. The maximum atomic E-state index is 4.22. The maximum absolute atomic E-state index is 4.22. The van der Waals surface area contributed by atoms with Gasteiger partial charge in [-0.05, 0) is 38.3 Å². The molecular weight excluding hydrogens is 258 g/mol. The first-order chi connectivity index (χ1) is 10.1. The van der Waals surface area contributed by atoms with Gasteiger partial charge in [0, 0.05) is 26.3 Å². The minimum Gasteiger partial charge on any atom is -0.380 e. The lowest BCUT2D eigenvalue weighted by atomic mass is 10.0. The number of nitrogens with one attached hydrogen (secondary N) is 1. The first kappa shape index (κ1) is 15.4. The summed E-state index contributed by atoms with van der Waals surface area (Å²) < 4.78 is 0. The van der Waals surface area contributed by atoms with Gasteiger partial charge in [0.25, 0.3) is 0 Å². The second-order valence-electron chi connectivity index (χ2n) is 5.86. The topological polar surface area (TPSA) is 28.2 Å². The summed E-state index contributed by atoms with van der Waals surface area (Å²) in [5, 5.41) is 3.57. The summed E-state index contributed by atoms with van der Waals surface area (Å²) >= 11 is 0. The molecule has 1 atom stereocenters. The minimum absolute atomic E-state index is 0.411. The summed E-state index contributed by atoms with van der Waals surface area (Å²) in [7, 11) is 4.11. The zero-order valence-corrected chi connectivity index (χ0v) is 13.4. The lowest BCUT2D eigenvalue weighted by Crippen LogP contribution is -2.19. The van der Waals surface area contributed by atoms with E-state index < -0.39 is 0 Å². The number of hydrogen-bond acceptors (Lipinski definition) is 3. The van der Waals surface area contributed by atoms with Crippen LogP contribution in [0.4, 0.5) is 11.4 Å². The van der Waals surface area contributed by atoms with Gasteiger partial charge >= 0.3 is 0 Å². The monoisotopic (exact) mass is 283 g/mol. The summed E-state index contributed by atoms with van der Waals surface area (Å²) in [6.45, 7) is 4.37. The van der Waals surface area contributed by atoms with E-state index in [4.69, 9.17) is 0 Å². The molecule has 2 aromatic rings. The Morgan fingerprint density at radius 1 is 1.24 bits per heavy atom. The van der Waals surface area contributed by atoms with E-state index in [1.165, 1.54) is 16.8 Å². The van der Waals surface area contributed by atoms with Crippen molar-refractivity contribution in [2.45, 2.75) is 32.7 Å². The number of nitrogens with zero attached hydrogens (tertiary/aromatic N) is 2. The van der Waals surface area contributed by atoms with Crippen molar-refractivity contribution in [2.24, 2.45) is 0 Å². The molecule has 1 aromatic heterocycles. The number of hydrogen-bond donors (Lipinski definition) is 1. The molecule has 1 aromatic carbocycles. The molecule has 21 heavy (non-hydrogen) atoms. The molecule has 3 nitrogen and oxygen atoms in total. The average molecular weight is 283 g/mol. The molecule has 0 aliphatic heterocycles. The van der Waals surface area contributed by atoms with Gasteiger partial charge in [-0.3, -0.25) is 4.98 Å². The number of benzene rings is 1. The lowest BCUT2D eigenvalue weighted by Gasteiger charge is -2.21. The number of aryl methyl sites for hydroxylation is 2. The molecule has 0 aliphatic rings. The highest BCUT2D eigenvalue weighted by atomic mass is 15.1. The van der Waals surface area contributed by atoms with Crippen molar-refractivity contribution in [3.8, 4) is 0 Å². The van der Waals surface area contributed by atoms with Crippen molar-refractivity contribution in [1.82, 2.24) is 4.98 Å². The van der Waals surface area contributed by atoms with E-state index in [9.17, 15) is 0 Å². The van der Waals surface area contributed by atoms with Crippen molar-refractivity contribution in [3.63, 3.8) is 0 Å². The molecule has 0 saturated carbocycles. The zero-order valence-electron chi connectivity index (χ0n) is 13.4. The third-order valence-corrected chi connectivity index (χ3v) is 3.63. The van der Waals surface area contributed by atoms with Gasteiger partial charge in [0.15, 0.2) is 0 Å². The predicted octanol–water partition coefficient (Wildman–Crippen LogP) is 3.89. The van der Waals surface area contributed by atoms with Crippen LogP contribution < -0.4 is 10.2 Å². The number of aromatic nitrogens is 1. The van der Waals surface area contributed by atoms with Crippen molar-refractivity contribution >= 4 is 11.4 Å². The highest BCUT2D eigenvalue weighted by Gasteiger charge is 2.08. The van der Waals surface area contributed by atoms with Crippen LogP contribution in [-0.4, -0.2) is 25.1 Å². The van der Waals surface area contributed by atoms with E-state index in [0.717, 1.165) is 18.5 Å². The highest BCUT2D eigenvalue weighted by Crippen LogP contribution is 2.23. The van der Waals surface area contributed by atoms with E-state index >= 15 is 0 Å². The van der Waals surface area contributed by atoms with Crippen LogP contribution in [0.25, 0.3) is 0 Å². The van der Waals surface area contributed by atoms with E-state index in [1.54, 1.807) is 0 Å². The van der Waals surface area contributed by atoms with Crippen molar-refractivity contribution in [2.75, 3.05) is 24.3 Å². The Morgan fingerprint density at radius 3 is 2.76 bits per heavy atom. The van der Waals surface area contributed by atoms with Crippen LogP contribution >= 0.6 is 0 Å². The molecular formula is C18H25N3. The standard InChI is InChI=1S/C18H25N3/c1-14-6-5-7-16(12-14)9-8-15(2)20-17-13-19-11-10-18(17)21(3)4/h5-7,10-13,15,20H,8-9H2,1-4H3. The van der Waals surface area contributed by atoms with Gasteiger partial charge in [0.2, 0.25) is 0 Å². The molecule has 0 spiro atoms. The Balaban J connectivity index is 1.94. The summed E-state index contributed by atoms with van der Waals surface area (Å²) in [5.41, 5.74) is 5.00. The summed E-state index contributed by atoms with van der Waals surface area (Å²) in [6, 6.07) is 11.2. The van der Waals surface area contributed by atoms with Crippen LogP contribution in [0.5, 0.6) is 0 Å². The van der Waals surface area contributed by atoms with Crippen LogP contribution in [-0.2, 0) is 6.42 Å². The van der Waals surface area contributed by atoms with E-state index in [0.29, 0.717) is 6.04 Å². The van der Waals surface area contributed by atoms with E-state index in [-0.39, 0.29) is 0 Å². The summed E-state index contributed by atoms with van der Waals surface area (Å²) in [6.07, 6.45) is 5.93. The number of anilines is 2. The molecule has 0 fully saturated rings. The average Bonchev–Trinajstić information content (AvgIpc) is 2.45. The van der Waals surface area contributed by atoms with Gasteiger partial charge in [-0.1, -0.05) is 29.8 Å². The molecule has 0 aliphatic carbocycles. The normalized spacial score (nSPS) is 12.0. The predicted molar refractivity (Wildman–Crippen MR) is 91.1 cm³/mol. The molecule has 1 N–H and O–H groups in total. The maximum Gasteiger partial charge on any atom is 0.0766 e. The third-order valence-electron chi connectivity index (χ3n) is 3.63. The van der Waals surface area contributed by atoms with Crippen LogP contribution in [0.3, 0.4) is 0 Å². The Labute approximate surface area is 128 Å². The van der Waals surface area contributed by atoms with Crippen molar-refractivity contribution in [3.05, 3.63) is 53.9 Å². The van der Waals surface area contributed by atoms with E-state index in [2.05, 4.69) is 67.4 Å². The molecule has 3 heteroatoms.